The fraction of sp³-hybridized carbons (Fsp3) is 0.207. The second-order valence-corrected chi connectivity index (χ2v) is 9.10. The number of ketones is 1. The molecule has 1 atom stereocenters. The van der Waals surface area contributed by atoms with Gasteiger partial charge in [-0.15, -0.1) is 0 Å². The maximum absolute atomic E-state index is 13.3. The molecule has 1 saturated heterocycles. The summed E-state index contributed by atoms with van der Waals surface area (Å²) in [6, 6.07) is 17.8. The lowest BCUT2D eigenvalue weighted by atomic mass is 9.93. The van der Waals surface area contributed by atoms with Crippen molar-refractivity contribution in [2.75, 3.05) is 26.1 Å². The van der Waals surface area contributed by atoms with Crippen molar-refractivity contribution in [3.8, 4) is 5.75 Å². The van der Waals surface area contributed by atoms with Crippen molar-refractivity contribution in [3.63, 3.8) is 0 Å². The van der Waals surface area contributed by atoms with E-state index < -0.39 is 23.7 Å². The molecule has 0 spiro atoms. The van der Waals surface area contributed by atoms with E-state index in [0.29, 0.717) is 28.0 Å². The van der Waals surface area contributed by atoms with E-state index in [9.17, 15) is 24.6 Å². The second kappa shape index (κ2) is 10.2. The molecule has 0 aliphatic carbocycles. The number of anilines is 1. The monoisotopic (exact) mass is 500 g/mol. The number of benzene rings is 3. The second-order valence-electron chi connectivity index (χ2n) is 9.10. The molecule has 1 fully saturated rings. The van der Waals surface area contributed by atoms with Crippen LogP contribution in [0.25, 0.3) is 5.76 Å². The smallest absolute Gasteiger partial charge is 0.335 e. The topological polar surface area (TPSA) is 107 Å². The Hall–Kier alpha value is -4.59. The number of hydrogen-bond donors (Lipinski definition) is 2. The number of carbonyl (C=O) groups is 3. The lowest BCUT2D eigenvalue weighted by Gasteiger charge is -2.26. The summed E-state index contributed by atoms with van der Waals surface area (Å²) in [5.74, 6) is -2.23. The normalized spacial score (nSPS) is 16.6. The van der Waals surface area contributed by atoms with Crippen LogP contribution in [0.3, 0.4) is 0 Å². The zero-order valence-corrected chi connectivity index (χ0v) is 21.1. The Morgan fingerprint density at radius 1 is 0.973 bits per heavy atom. The maximum Gasteiger partial charge on any atom is 0.335 e. The van der Waals surface area contributed by atoms with Crippen molar-refractivity contribution in [2.24, 2.45) is 0 Å². The molecule has 8 nitrogen and oxygen atoms in total. The Morgan fingerprint density at radius 2 is 1.62 bits per heavy atom. The van der Waals surface area contributed by atoms with E-state index in [1.165, 1.54) is 17.0 Å². The van der Waals surface area contributed by atoms with E-state index >= 15 is 0 Å². The van der Waals surface area contributed by atoms with E-state index in [1.807, 2.05) is 43.3 Å². The molecule has 1 unspecified atom stereocenters. The number of hydrogen-bond acceptors (Lipinski definition) is 6. The quantitative estimate of drug-likeness (QED) is 0.281. The zero-order chi connectivity index (χ0) is 26.9. The van der Waals surface area contributed by atoms with E-state index in [2.05, 4.69) is 0 Å². The molecule has 1 aliphatic heterocycles. The minimum Gasteiger partial charge on any atom is -0.507 e. The number of carboxylic acid groups (broad SMARTS) is 1. The molecule has 190 valence electrons. The van der Waals surface area contributed by atoms with Crippen LogP contribution in [0.5, 0.6) is 5.75 Å². The van der Waals surface area contributed by atoms with Crippen LogP contribution >= 0.6 is 0 Å². The first-order valence-electron chi connectivity index (χ1n) is 11.6. The van der Waals surface area contributed by atoms with Gasteiger partial charge in [0.2, 0.25) is 0 Å². The molecule has 1 aliphatic rings. The molecule has 8 heteroatoms. The lowest BCUT2D eigenvalue weighted by molar-refractivity contribution is -0.140. The molecule has 37 heavy (non-hydrogen) atoms. The van der Waals surface area contributed by atoms with Gasteiger partial charge in [0.25, 0.3) is 11.7 Å². The van der Waals surface area contributed by atoms with Gasteiger partial charge in [-0.1, -0.05) is 24.3 Å². The number of aliphatic hydroxyl groups is 1. The third-order valence-corrected chi connectivity index (χ3v) is 6.51. The van der Waals surface area contributed by atoms with Crippen LogP contribution in [0, 0.1) is 6.92 Å². The number of carbonyl (C=O) groups excluding carboxylic acids is 2. The van der Waals surface area contributed by atoms with Crippen LogP contribution < -0.4 is 9.64 Å². The molecule has 1 heterocycles. The first kappa shape index (κ1) is 25.5. The molecule has 0 aromatic heterocycles. The highest BCUT2D eigenvalue weighted by molar-refractivity contribution is 6.46. The molecule has 0 saturated carbocycles. The lowest BCUT2D eigenvalue weighted by Crippen LogP contribution is -2.29. The molecule has 0 radical (unpaired) electrons. The molecule has 2 N–H and O–H groups in total. The van der Waals surface area contributed by atoms with Gasteiger partial charge in [0.05, 0.1) is 24.3 Å². The summed E-state index contributed by atoms with van der Waals surface area (Å²) in [5.41, 5.74) is 3.50. The number of Topliss-reactive ketones (excluding diaryl/α,β-unsaturated/α-hetero) is 1. The van der Waals surface area contributed by atoms with E-state index in [0.717, 1.165) is 5.69 Å². The summed E-state index contributed by atoms with van der Waals surface area (Å²) < 4.78 is 5.25. The Labute approximate surface area is 215 Å². The molecule has 3 aromatic rings. The largest absolute Gasteiger partial charge is 0.507 e. The molecule has 1 amide bonds. The van der Waals surface area contributed by atoms with Crippen LogP contribution in [-0.2, 0) is 16.1 Å². The summed E-state index contributed by atoms with van der Waals surface area (Å²) >= 11 is 0. The van der Waals surface area contributed by atoms with Crippen molar-refractivity contribution in [1.82, 2.24) is 4.90 Å². The number of carboxylic acids is 1. The van der Waals surface area contributed by atoms with Crippen LogP contribution in [0.1, 0.15) is 38.7 Å². The molecular formula is C29H28N2O6. The van der Waals surface area contributed by atoms with E-state index in [1.54, 1.807) is 44.4 Å². The number of aryl methyl sites for hydroxylation is 1. The molecular weight excluding hydrogens is 472 g/mol. The fourth-order valence-corrected chi connectivity index (χ4v) is 4.47. The van der Waals surface area contributed by atoms with E-state index in [-0.39, 0.29) is 23.4 Å². The average molecular weight is 501 g/mol. The van der Waals surface area contributed by atoms with Gasteiger partial charge >= 0.3 is 5.97 Å². The van der Waals surface area contributed by atoms with E-state index in [4.69, 9.17) is 4.74 Å². The summed E-state index contributed by atoms with van der Waals surface area (Å²) in [6.45, 7) is 1.85. The summed E-state index contributed by atoms with van der Waals surface area (Å²) in [5, 5.41) is 20.6. The van der Waals surface area contributed by atoms with Crippen LogP contribution in [0.2, 0.25) is 0 Å². The number of nitrogens with zero attached hydrogens (tertiary/aromatic N) is 2. The van der Waals surface area contributed by atoms with Gasteiger partial charge in [-0.25, -0.2) is 4.79 Å². The van der Waals surface area contributed by atoms with Crippen molar-refractivity contribution in [2.45, 2.75) is 19.5 Å². The highest BCUT2D eigenvalue weighted by Crippen LogP contribution is 2.41. The Morgan fingerprint density at radius 3 is 2.16 bits per heavy atom. The average Bonchev–Trinajstić information content (AvgIpc) is 3.13. The van der Waals surface area contributed by atoms with Gasteiger partial charge in [0, 0.05) is 31.9 Å². The first-order valence-corrected chi connectivity index (χ1v) is 11.6. The molecule has 0 bridgehead atoms. The van der Waals surface area contributed by atoms with Crippen molar-refractivity contribution in [1.29, 1.82) is 0 Å². The van der Waals surface area contributed by atoms with Gasteiger partial charge in [-0.2, -0.15) is 0 Å². The Bertz CT molecular complexity index is 1390. The number of methoxy groups -OCH3 is 1. The Balaban J connectivity index is 1.84. The molecule has 4 rings (SSSR count). The fourth-order valence-electron chi connectivity index (χ4n) is 4.47. The number of likely N-dealkylation sites (tertiary alicyclic amines) is 1. The maximum atomic E-state index is 13.3. The zero-order valence-electron chi connectivity index (χ0n) is 21.1. The summed E-state index contributed by atoms with van der Waals surface area (Å²) in [6.07, 6.45) is 0. The van der Waals surface area contributed by atoms with Gasteiger partial charge in [-0.05, 0) is 66.1 Å². The van der Waals surface area contributed by atoms with Crippen LogP contribution in [0.15, 0.2) is 72.3 Å². The predicted molar refractivity (Wildman–Crippen MR) is 140 cm³/mol. The highest BCUT2D eigenvalue weighted by Gasteiger charge is 2.46. The van der Waals surface area contributed by atoms with Gasteiger partial charge in [0.1, 0.15) is 11.5 Å². The summed E-state index contributed by atoms with van der Waals surface area (Å²) in [7, 11) is 5.36. The van der Waals surface area contributed by atoms with Crippen LogP contribution in [0.4, 0.5) is 5.69 Å². The van der Waals surface area contributed by atoms with Crippen molar-refractivity contribution < 1.29 is 29.3 Å². The third-order valence-electron chi connectivity index (χ3n) is 6.51. The minimum absolute atomic E-state index is 0.00183. The standard InChI is InChI=1S/C29H28N2O6/c1-17-15-22(37-4)13-14-23(17)26(32)24-25(19-9-11-21(12-10-19)30(2)3)31(28(34)27(24)33)16-18-5-7-20(8-6-18)29(35)36/h5-15,25,32H,16H2,1-4H3,(H,35,36)/b26-24-. The van der Waals surface area contributed by atoms with Crippen molar-refractivity contribution >= 4 is 29.1 Å². The molecule has 3 aromatic carbocycles. The number of aromatic carboxylic acids is 1. The van der Waals surface area contributed by atoms with Gasteiger partial charge in [0.15, 0.2) is 0 Å². The number of aliphatic hydroxyl groups excluding tert-OH is 1. The minimum atomic E-state index is -1.05. The number of rotatable bonds is 7. The Kier molecular flexibility index (Phi) is 7.02. The van der Waals surface area contributed by atoms with Gasteiger partial charge < -0.3 is 24.7 Å². The SMILES string of the molecule is COc1ccc(/C(O)=C2/C(=O)C(=O)N(Cc3ccc(C(=O)O)cc3)C2c2ccc(N(C)C)cc2)c(C)c1. The first-order chi connectivity index (χ1) is 17.6. The predicted octanol–water partition coefficient (Wildman–Crippen LogP) is 4.39. The van der Waals surface area contributed by atoms with Crippen molar-refractivity contribution in [3.05, 3.63) is 100 Å². The summed E-state index contributed by atoms with van der Waals surface area (Å²) in [4.78, 5) is 41.2. The van der Waals surface area contributed by atoms with Gasteiger partial charge in [-0.3, -0.25) is 9.59 Å². The number of ether oxygens (including phenoxy) is 1. The van der Waals surface area contributed by atoms with Crippen LogP contribution in [-0.4, -0.2) is 54.0 Å². The number of amides is 1. The third kappa shape index (κ3) is 4.91. The highest BCUT2D eigenvalue weighted by atomic mass is 16.5.